The van der Waals surface area contributed by atoms with Gasteiger partial charge in [-0.3, -0.25) is 9.59 Å². The molecule has 5 nitrogen and oxygen atoms in total. The van der Waals surface area contributed by atoms with Crippen LogP contribution in [0, 0.1) is 0 Å². The summed E-state index contributed by atoms with van der Waals surface area (Å²) in [6.07, 6.45) is 2.44. The molecular formula is C22H23N3O2. The summed E-state index contributed by atoms with van der Waals surface area (Å²) in [5.41, 5.74) is 2.90. The van der Waals surface area contributed by atoms with E-state index in [2.05, 4.69) is 16.7 Å². The molecule has 0 aliphatic carbocycles. The summed E-state index contributed by atoms with van der Waals surface area (Å²) < 4.78 is 2.06. The average Bonchev–Trinajstić information content (AvgIpc) is 3.04. The maximum absolute atomic E-state index is 12.8. The third-order valence-corrected chi connectivity index (χ3v) is 5.26. The van der Waals surface area contributed by atoms with Gasteiger partial charge in [0.2, 0.25) is 5.91 Å². The van der Waals surface area contributed by atoms with Gasteiger partial charge in [-0.25, -0.2) is 0 Å². The lowest BCUT2D eigenvalue weighted by Crippen LogP contribution is -2.51. The molecule has 5 heteroatoms. The highest BCUT2D eigenvalue weighted by Crippen LogP contribution is 2.21. The highest BCUT2D eigenvalue weighted by molar-refractivity contribution is 5.94. The molecule has 1 aromatic heterocycles. The second kappa shape index (κ2) is 7.27. The van der Waals surface area contributed by atoms with Gasteiger partial charge >= 0.3 is 0 Å². The van der Waals surface area contributed by atoms with Crippen molar-refractivity contribution in [2.75, 3.05) is 26.2 Å². The normalized spacial score (nSPS) is 14.6. The van der Waals surface area contributed by atoms with Crippen LogP contribution >= 0.6 is 0 Å². The van der Waals surface area contributed by atoms with Crippen molar-refractivity contribution in [3.8, 4) is 0 Å². The van der Waals surface area contributed by atoms with Crippen LogP contribution in [0.5, 0.6) is 0 Å². The minimum Gasteiger partial charge on any atom is -0.350 e. The van der Waals surface area contributed by atoms with Crippen LogP contribution in [0.4, 0.5) is 0 Å². The first-order valence-corrected chi connectivity index (χ1v) is 9.28. The Kier molecular flexibility index (Phi) is 4.67. The number of rotatable bonds is 3. The number of amides is 2. The molecule has 2 aromatic carbocycles. The van der Waals surface area contributed by atoms with Crippen molar-refractivity contribution < 1.29 is 9.59 Å². The van der Waals surface area contributed by atoms with Gasteiger partial charge in [0.05, 0.1) is 6.42 Å². The van der Waals surface area contributed by atoms with Crippen LogP contribution in [-0.4, -0.2) is 52.4 Å². The van der Waals surface area contributed by atoms with Crippen LogP contribution in [-0.2, 0) is 18.3 Å². The number of aromatic nitrogens is 1. The van der Waals surface area contributed by atoms with E-state index in [1.807, 2.05) is 65.5 Å². The van der Waals surface area contributed by atoms with E-state index in [0.29, 0.717) is 38.2 Å². The summed E-state index contributed by atoms with van der Waals surface area (Å²) in [7, 11) is 2.00. The zero-order valence-corrected chi connectivity index (χ0v) is 15.5. The number of piperazine rings is 1. The van der Waals surface area contributed by atoms with E-state index < -0.39 is 0 Å². The molecule has 4 rings (SSSR count). The van der Waals surface area contributed by atoms with Crippen LogP contribution in [0.1, 0.15) is 15.9 Å². The van der Waals surface area contributed by atoms with E-state index in [1.165, 1.54) is 0 Å². The van der Waals surface area contributed by atoms with Gasteiger partial charge in [0.1, 0.15) is 0 Å². The largest absolute Gasteiger partial charge is 0.350 e. The molecule has 0 radical (unpaired) electrons. The summed E-state index contributed by atoms with van der Waals surface area (Å²) >= 11 is 0. The number of carbonyl (C=O) groups excluding carboxylic acids is 2. The van der Waals surface area contributed by atoms with Gasteiger partial charge in [0, 0.05) is 55.9 Å². The number of hydrogen-bond acceptors (Lipinski definition) is 2. The molecular weight excluding hydrogens is 338 g/mol. The van der Waals surface area contributed by atoms with Crippen LogP contribution < -0.4 is 0 Å². The average molecular weight is 361 g/mol. The molecule has 0 N–H and O–H groups in total. The van der Waals surface area contributed by atoms with E-state index in [0.717, 1.165) is 16.5 Å². The number of benzene rings is 2. The van der Waals surface area contributed by atoms with Crippen molar-refractivity contribution in [3.63, 3.8) is 0 Å². The zero-order valence-electron chi connectivity index (χ0n) is 15.5. The third-order valence-electron chi connectivity index (χ3n) is 5.26. The smallest absolute Gasteiger partial charge is 0.253 e. The first-order valence-electron chi connectivity index (χ1n) is 9.28. The van der Waals surface area contributed by atoms with Gasteiger partial charge in [0.15, 0.2) is 0 Å². The van der Waals surface area contributed by atoms with E-state index in [1.54, 1.807) is 0 Å². The van der Waals surface area contributed by atoms with E-state index in [-0.39, 0.29) is 11.8 Å². The molecule has 2 amide bonds. The van der Waals surface area contributed by atoms with Crippen molar-refractivity contribution in [2.24, 2.45) is 7.05 Å². The summed E-state index contributed by atoms with van der Waals surface area (Å²) in [4.78, 5) is 29.0. The number of nitrogens with zero attached hydrogens (tertiary/aromatic N) is 3. The fraction of sp³-hybridized carbons (Fsp3) is 0.273. The molecule has 0 atom stereocenters. The lowest BCUT2D eigenvalue weighted by atomic mass is 10.1. The molecule has 1 aliphatic heterocycles. The minimum absolute atomic E-state index is 0.0387. The first-order chi connectivity index (χ1) is 13.1. The Morgan fingerprint density at radius 2 is 1.48 bits per heavy atom. The molecule has 0 unspecified atom stereocenters. The molecule has 1 fully saturated rings. The van der Waals surface area contributed by atoms with Gasteiger partial charge in [-0.15, -0.1) is 0 Å². The Bertz CT molecular complexity index is 970. The van der Waals surface area contributed by atoms with Gasteiger partial charge in [-0.05, 0) is 23.8 Å². The Morgan fingerprint density at radius 1 is 0.852 bits per heavy atom. The SMILES string of the molecule is Cn1cc(CC(=O)N2CCN(C(=O)c3ccccc3)CC2)c2ccccc21. The van der Waals surface area contributed by atoms with Crippen molar-refractivity contribution in [3.05, 3.63) is 71.9 Å². The van der Waals surface area contributed by atoms with Crippen molar-refractivity contribution >= 4 is 22.7 Å². The van der Waals surface area contributed by atoms with Crippen LogP contribution in [0.25, 0.3) is 10.9 Å². The summed E-state index contributed by atoms with van der Waals surface area (Å²) in [6.45, 7) is 2.33. The molecule has 0 saturated carbocycles. The lowest BCUT2D eigenvalue weighted by molar-refractivity contribution is -0.131. The van der Waals surface area contributed by atoms with Crippen LogP contribution in [0.3, 0.4) is 0 Å². The maximum Gasteiger partial charge on any atom is 0.253 e. The van der Waals surface area contributed by atoms with Gasteiger partial charge < -0.3 is 14.4 Å². The fourth-order valence-electron chi connectivity index (χ4n) is 3.76. The van der Waals surface area contributed by atoms with Gasteiger partial charge in [0.25, 0.3) is 5.91 Å². The topological polar surface area (TPSA) is 45.6 Å². The number of carbonyl (C=O) groups is 2. The van der Waals surface area contributed by atoms with E-state index >= 15 is 0 Å². The standard InChI is InChI=1S/C22H23N3O2/c1-23-16-18(19-9-5-6-10-20(19)23)15-21(26)24-11-13-25(14-12-24)22(27)17-7-3-2-4-8-17/h2-10,16H,11-15H2,1H3. The zero-order chi connectivity index (χ0) is 18.8. The molecule has 0 bridgehead atoms. The van der Waals surface area contributed by atoms with Crippen LogP contribution in [0.2, 0.25) is 0 Å². The van der Waals surface area contributed by atoms with Crippen LogP contribution in [0.15, 0.2) is 60.8 Å². The molecule has 27 heavy (non-hydrogen) atoms. The van der Waals surface area contributed by atoms with Gasteiger partial charge in [-0.2, -0.15) is 0 Å². The summed E-state index contributed by atoms with van der Waals surface area (Å²) in [5, 5.41) is 1.13. The Hall–Kier alpha value is -3.08. The first kappa shape index (κ1) is 17.3. The fourth-order valence-corrected chi connectivity index (χ4v) is 3.76. The highest BCUT2D eigenvalue weighted by Gasteiger charge is 2.25. The number of aryl methyl sites for hydroxylation is 1. The van der Waals surface area contributed by atoms with Crippen molar-refractivity contribution in [1.29, 1.82) is 0 Å². The predicted molar refractivity (Wildman–Crippen MR) is 106 cm³/mol. The predicted octanol–water partition coefficient (Wildman–Crippen LogP) is 2.71. The number of hydrogen-bond donors (Lipinski definition) is 0. The second-order valence-electron chi connectivity index (χ2n) is 7.00. The van der Waals surface area contributed by atoms with Crippen molar-refractivity contribution in [1.82, 2.24) is 14.4 Å². The van der Waals surface area contributed by atoms with Gasteiger partial charge in [-0.1, -0.05) is 36.4 Å². The molecule has 1 saturated heterocycles. The Balaban J connectivity index is 1.39. The number of fused-ring (bicyclic) bond motifs is 1. The third kappa shape index (κ3) is 3.45. The molecule has 2 heterocycles. The highest BCUT2D eigenvalue weighted by atomic mass is 16.2. The monoisotopic (exact) mass is 361 g/mol. The molecule has 138 valence electrons. The quantitative estimate of drug-likeness (QED) is 0.720. The van der Waals surface area contributed by atoms with E-state index in [4.69, 9.17) is 0 Å². The number of para-hydroxylation sites is 1. The summed E-state index contributed by atoms with van der Waals surface area (Å²) in [6, 6.07) is 17.5. The maximum atomic E-state index is 12.8. The Morgan fingerprint density at radius 3 is 2.22 bits per heavy atom. The molecule has 0 spiro atoms. The van der Waals surface area contributed by atoms with Crippen molar-refractivity contribution in [2.45, 2.75) is 6.42 Å². The molecule has 3 aromatic rings. The molecule has 1 aliphatic rings. The Labute approximate surface area is 158 Å². The summed E-state index contributed by atoms with van der Waals surface area (Å²) in [5.74, 6) is 0.162. The second-order valence-corrected chi connectivity index (χ2v) is 7.00. The van der Waals surface area contributed by atoms with E-state index in [9.17, 15) is 9.59 Å². The minimum atomic E-state index is 0.0387. The lowest BCUT2D eigenvalue weighted by Gasteiger charge is -2.35.